The monoisotopic (exact) mass is 319 g/mol. The molecule has 1 saturated heterocycles. The molecule has 2 amide bonds. The largest absolute Gasteiger partial charge is 0.447 e. The molecule has 1 aromatic carbocycles. The van der Waals surface area contributed by atoms with Crippen LogP contribution in [0.2, 0.25) is 0 Å². The number of carbonyl (C=O) groups is 2. The van der Waals surface area contributed by atoms with Crippen LogP contribution >= 0.6 is 0 Å². The topological polar surface area (TPSA) is 66.8 Å². The number of nitrogens with zero attached hydrogens (tertiary/aromatic N) is 1. The average Bonchev–Trinajstić information content (AvgIpc) is 2.89. The van der Waals surface area contributed by atoms with E-state index in [0.29, 0.717) is 0 Å². The van der Waals surface area contributed by atoms with Gasteiger partial charge in [-0.3, -0.25) is 4.79 Å². The molecule has 1 N–H and O–H groups in total. The van der Waals surface area contributed by atoms with Crippen LogP contribution in [-0.4, -0.2) is 34.7 Å². The summed E-state index contributed by atoms with van der Waals surface area (Å²) < 4.78 is 5.08. The van der Waals surface area contributed by atoms with E-state index in [1.54, 1.807) is 0 Å². The number of carbonyl (C=O) groups excluding carboxylic acids is 2. The molecule has 0 aliphatic carbocycles. The van der Waals surface area contributed by atoms with Gasteiger partial charge in [-0.2, -0.15) is 0 Å². The second-order valence-corrected chi connectivity index (χ2v) is 7.23. The van der Waals surface area contributed by atoms with Crippen LogP contribution in [0, 0.1) is 5.41 Å². The van der Waals surface area contributed by atoms with E-state index in [1.165, 1.54) is 4.90 Å². The number of imide groups is 1. The molecule has 126 valence electrons. The highest BCUT2D eigenvalue weighted by atomic mass is 16.6. The fourth-order valence-electron chi connectivity index (χ4n) is 2.76. The molecule has 0 aromatic heterocycles. The van der Waals surface area contributed by atoms with E-state index in [-0.39, 0.29) is 42.9 Å². The Hall–Kier alpha value is -1.88. The van der Waals surface area contributed by atoms with Crippen molar-refractivity contribution in [3.8, 4) is 0 Å². The highest BCUT2D eigenvalue weighted by molar-refractivity contribution is 5.94. The zero-order valence-corrected chi connectivity index (χ0v) is 14.2. The van der Waals surface area contributed by atoms with Gasteiger partial charge < -0.3 is 9.84 Å². The number of hydrogen-bond donors (Lipinski definition) is 1. The minimum Gasteiger partial charge on any atom is -0.447 e. The molecule has 23 heavy (non-hydrogen) atoms. The highest BCUT2D eigenvalue weighted by Gasteiger charge is 2.44. The van der Waals surface area contributed by atoms with E-state index in [1.807, 2.05) is 52.0 Å². The van der Waals surface area contributed by atoms with Crippen molar-refractivity contribution in [3.63, 3.8) is 0 Å². The Morgan fingerprint density at radius 3 is 2.48 bits per heavy atom. The Morgan fingerprint density at radius 1 is 1.35 bits per heavy atom. The van der Waals surface area contributed by atoms with E-state index in [2.05, 4.69) is 0 Å². The molecule has 0 saturated carbocycles. The van der Waals surface area contributed by atoms with Crippen LogP contribution in [0.25, 0.3) is 0 Å². The molecule has 1 aliphatic heterocycles. The maximum Gasteiger partial charge on any atom is 0.416 e. The number of aliphatic hydroxyl groups is 1. The first-order valence-corrected chi connectivity index (χ1v) is 7.92. The lowest BCUT2D eigenvalue weighted by atomic mass is 9.86. The first kappa shape index (κ1) is 17.5. The van der Waals surface area contributed by atoms with Crippen LogP contribution < -0.4 is 0 Å². The molecular weight excluding hydrogens is 294 g/mol. The van der Waals surface area contributed by atoms with Crippen LogP contribution in [0.15, 0.2) is 24.3 Å². The summed E-state index contributed by atoms with van der Waals surface area (Å²) in [5.41, 5.74) is 1.63. The fourth-order valence-corrected chi connectivity index (χ4v) is 2.76. The molecule has 2 rings (SSSR count). The first-order chi connectivity index (χ1) is 10.7. The quantitative estimate of drug-likeness (QED) is 0.926. The van der Waals surface area contributed by atoms with E-state index in [0.717, 1.165) is 11.1 Å². The predicted octanol–water partition coefficient (Wildman–Crippen LogP) is 3.07. The van der Waals surface area contributed by atoms with Crippen molar-refractivity contribution in [2.45, 2.75) is 52.7 Å². The third kappa shape index (κ3) is 3.91. The van der Waals surface area contributed by atoms with Gasteiger partial charge in [0.05, 0.1) is 12.6 Å². The average molecular weight is 319 g/mol. The minimum absolute atomic E-state index is 0.000469. The Morgan fingerprint density at radius 2 is 1.96 bits per heavy atom. The molecule has 0 spiro atoms. The molecule has 0 bridgehead atoms. The Bertz CT molecular complexity index is 574. The first-order valence-electron chi connectivity index (χ1n) is 7.92. The third-order valence-corrected chi connectivity index (χ3v) is 4.35. The maximum absolute atomic E-state index is 12.6. The van der Waals surface area contributed by atoms with Crippen molar-refractivity contribution >= 4 is 12.0 Å². The molecule has 5 heteroatoms. The van der Waals surface area contributed by atoms with E-state index < -0.39 is 6.09 Å². The molecule has 1 unspecified atom stereocenters. The van der Waals surface area contributed by atoms with Gasteiger partial charge in [0, 0.05) is 6.42 Å². The number of benzene rings is 1. The van der Waals surface area contributed by atoms with Gasteiger partial charge in [-0.25, -0.2) is 9.69 Å². The van der Waals surface area contributed by atoms with Gasteiger partial charge >= 0.3 is 6.09 Å². The van der Waals surface area contributed by atoms with Crippen LogP contribution in [0.3, 0.4) is 0 Å². The normalized spacial score (nSPS) is 19.6. The highest BCUT2D eigenvalue weighted by Crippen LogP contribution is 2.31. The molecular formula is C18H25NO4. The maximum atomic E-state index is 12.6. The summed E-state index contributed by atoms with van der Waals surface area (Å²) >= 11 is 0. The second kappa shape index (κ2) is 6.71. The fraction of sp³-hybridized carbons (Fsp3) is 0.556. The number of amides is 2. The van der Waals surface area contributed by atoms with Crippen molar-refractivity contribution in [1.29, 1.82) is 0 Å². The second-order valence-electron chi connectivity index (χ2n) is 7.23. The van der Waals surface area contributed by atoms with Crippen LogP contribution in [0.1, 0.15) is 51.2 Å². The molecule has 1 aromatic rings. The smallest absolute Gasteiger partial charge is 0.416 e. The summed E-state index contributed by atoms with van der Waals surface area (Å²) in [4.78, 5) is 25.8. The molecule has 1 aliphatic rings. The summed E-state index contributed by atoms with van der Waals surface area (Å²) in [6, 6.07) is 7.28. The van der Waals surface area contributed by atoms with Crippen molar-refractivity contribution < 1.29 is 19.4 Å². The zero-order valence-electron chi connectivity index (χ0n) is 14.2. The molecule has 2 atom stereocenters. The lowest BCUT2D eigenvalue weighted by molar-refractivity contribution is -0.131. The Balaban J connectivity index is 2.08. The SMILES string of the molecule is C[C@H](CC(=O)N1C(=O)OCC1C(C)(C)C)c1ccc(CO)cc1. The summed E-state index contributed by atoms with van der Waals surface area (Å²) in [7, 11) is 0. The summed E-state index contributed by atoms with van der Waals surface area (Å²) in [5.74, 6) is -0.213. The van der Waals surface area contributed by atoms with Gasteiger partial charge in [0.15, 0.2) is 0 Å². The minimum atomic E-state index is -0.544. The number of hydrogen-bond acceptors (Lipinski definition) is 4. The van der Waals surface area contributed by atoms with E-state index >= 15 is 0 Å². The Kier molecular flexibility index (Phi) is 5.09. The summed E-state index contributed by atoms with van der Waals surface area (Å²) in [6.45, 7) is 8.21. The van der Waals surface area contributed by atoms with Crippen LogP contribution in [0.5, 0.6) is 0 Å². The van der Waals surface area contributed by atoms with Gasteiger partial charge in [0.25, 0.3) is 0 Å². The summed E-state index contributed by atoms with van der Waals surface area (Å²) in [5, 5.41) is 9.08. The van der Waals surface area contributed by atoms with Gasteiger partial charge in [-0.1, -0.05) is 52.0 Å². The van der Waals surface area contributed by atoms with Gasteiger partial charge in [-0.05, 0) is 22.5 Å². The third-order valence-electron chi connectivity index (χ3n) is 4.35. The standard InChI is InChI=1S/C18H25NO4/c1-12(14-7-5-13(10-20)6-8-14)9-16(21)19-15(18(2,3)4)11-23-17(19)22/h5-8,12,15,20H,9-11H2,1-4H3/t12-,15?/m1/s1. The van der Waals surface area contributed by atoms with Crippen molar-refractivity contribution in [1.82, 2.24) is 4.90 Å². The van der Waals surface area contributed by atoms with Crippen molar-refractivity contribution in [3.05, 3.63) is 35.4 Å². The van der Waals surface area contributed by atoms with Crippen LogP contribution in [0.4, 0.5) is 4.79 Å². The molecule has 1 fully saturated rings. The molecule has 0 radical (unpaired) electrons. The lowest BCUT2D eigenvalue weighted by Crippen LogP contribution is -2.46. The molecule has 1 heterocycles. The number of ether oxygens (including phenoxy) is 1. The van der Waals surface area contributed by atoms with E-state index in [9.17, 15) is 9.59 Å². The lowest BCUT2D eigenvalue weighted by Gasteiger charge is -2.31. The zero-order chi connectivity index (χ0) is 17.2. The van der Waals surface area contributed by atoms with Crippen molar-refractivity contribution in [2.75, 3.05) is 6.61 Å². The Labute approximate surface area is 137 Å². The summed E-state index contributed by atoms with van der Waals surface area (Å²) in [6.07, 6.45) is -0.294. The van der Waals surface area contributed by atoms with Crippen molar-refractivity contribution in [2.24, 2.45) is 5.41 Å². The van der Waals surface area contributed by atoms with Crippen LogP contribution in [-0.2, 0) is 16.1 Å². The number of rotatable bonds is 4. The predicted molar refractivity (Wildman–Crippen MR) is 86.8 cm³/mol. The molecule has 5 nitrogen and oxygen atoms in total. The van der Waals surface area contributed by atoms with Gasteiger partial charge in [0.2, 0.25) is 5.91 Å². The number of cyclic esters (lactones) is 1. The van der Waals surface area contributed by atoms with E-state index in [4.69, 9.17) is 9.84 Å². The number of aliphatic hydroxyl groups excluding tert-OH is 1. The van der Waals surface area contributed by atoms with Gasteiger partial charge in [-0.15, -0.1) is 0 Å². The van der Waals surface area contributed by atoms with Gasteiger partial charge in [0.1, 0.15) is 6.61 Å².